The molecule has 1 aromatic rings. The predicted molar refractivity (Wildman–Crippen MR) is 86.3 cm³/mol. The van der Waals surface area contributed by atoms with Gasteiger partial charge in [0, 0.05) is 4.88 Å². The van der Waals surface area contributed by atoms with Gasteiger partial charge < -0.3 is 5.32 Å². The van der Waals surface area contributed by atoms with Crippen molar-refractivity contribution in [3.8, 4) is 0 Å². The van der Waals surface area contributed by atoms with Crippen molar-refractivity contribution in [3.05, 3.63) is 15.6 Å². The van der Waals surface area contributed by atoms with Crippen LogP contribution in [0.1, 0.15) is 68.0 Å². The van der Waals surface area contributed by atoms with E-state index in [4.69, 9.17) is 4.98 Å². The van der Waals surface area contributed by atoms with Crippen LogP contribution in [0.15, 0.2) is 0 Å². The molecule has 0 spiro atoms. The standard InChI is InChI=1S/C17H28N2S/c1-12(2)13-7-6-10-17(11-13,18-3)16-19-14-8-4-5-9-15(14)20-16/h12-13,18H,4-11H2,1-3H3. The van der Waals surface area contributed by atoms with E-state index in [0.29, 0.717) is 0 Å². The first-order chi connectivity index (χ1) is 9.64. The minimum absolute atomic E-state index is 0.162. The molecule has 1 fully saturated rings. The zero-order chi connectivity index (χ0) is 14.2. The highest BCUT2D eigenvalue weighted by Gasteiger charge is 2.40. The number of nitrogens with one attached hydrogen (secondary N) is 1. The van der Waals surface area contributed by atoms with Gasteiger partial charge in [0.25, 0.3) is 0 Å². The van der Waals surface area contributed by atoms with Crippen LogP contribution < -0.4 is 5.32 Å². The van der Waals surface area contributed by atoms with E-state index >= 15 is 0 Å². The maximum absolute atomic E-state index is 5.07. The maximum Gasteiger partial charge on any atom is 0.113 e. The van der Waals surface area contributed by atoms with Gasteiger partial charge >= 0.3 is 0 Å². The quantitative estimate of drug-likeness (QED) is 0.899. The van der Waals surface area contributed by atoms with Crippen LogP contribution in [0.3, 0.4) is 0 Å². The van der Waals surface area contributed by atoms with E-state index in [1.165, 1.54) is 62.1 Å². The molecule has 20 heavy (non-hydrogen) atoms. The van der Waals surface area contributed by atoms with Gasteiger partial charge in [0.15, 0.2) is 0 Å². The van der Waals surface area contributed by atoms with Crippen LogP contribution in [0.25, 0.3) is 0 Å². The third-order valence-electron chi connectivity index (χ3n) is 5.47. The summed E-state index contributed by atoms with van der Waals surface area (Å²) in [4.78, 5) is 6.64. The van der Waals surface area contributed by atoms with Gasteiger partial charge in [-0.05, 0) is 57.4 Å². The first-order valence-corrected chi connectivity index (χ1v) is 9.14. The molecule has 1 saturated carbocycles. The van der Waals surface area contributed by atoms with Crippen LogP contribution in [0, 0.1) is 11.8 Å². The number of aromatic nitrogens is 1. The Morgan fingerprint density at radius 2 is 2.05 bits per heavy atom. The Morgan fingerprint density at radius 1 is 1.25 bits per heavy atom. The predicted octanol–water partition coefficient (Wildman–Crippen LogP) is 4.28. The molecule has 0 aromatic carbocycles. The molecule has 3 heteroatoms. The second kappa shape index (κ2) is 5.76. The molecule has 0 amide bonds. The highest BCUT2D eigenvalue weighted by molar-refractivity contribution is 7.11. The highest BCUT2D eigenvalue weighted by atomic mass is 32.1. The molecule has 0 aliphatic heterocycles. The van der Waals surface area contributed by atoms with E-state index in [-0.39, 0.29) is 5.54 Å². The van der Waals surface area contributed by atoms with Crippen LogP contribution in [0.4, 0.5) is 0 Å². The number of hydrogen-bond donors (Lipinski definition) is 1. The van der Waals surface area contributed by atoms with Crippen LogP contribution in [0.5, 0.6) is 0 Å². The molecule has 0 radical (unpaired) electrons. The van der Waals surface area contributed by atoms with Gasteiger partial charge in [0.1, 0.15) is 5.01 Å². The fourth-order valence-electron chi connectivity index (χ4n) is 3.97. The third-order valence-corrected chi connectivity index (χ3v) is 6.83. The molecule has 2 aliphatic rings. The van der Waals surface area contributed by atoms with Crippen LogP contribution in [-0.2, 0) is 18.4 Å². The molecule has 2 nitrogen and oxygen atoms in total. The van der Waals surface area contributed by atoms with Crippen LogP contribution >= 0.6 is 11.3 Å². The molecule has 3 rings (SSSR count). The number of rotatable bonds is 3. The first kappa shape index (κ1) is 14.5. The average molecular weight is 292 g/mol. The molecular weight excluding hydrogens is 264 g/mol. The van der Waals surface area contributed by atoms with Gasteiger partial charge in [-0.3, -0.25) is 0 Å². The molecular formula is C17H28N2S. The van der Waals surface area contributed by atoms with Crippen LogP contribution in [0.2, 0.25) is 0 Å². The lowest BCUT2D eigenvalue weighted by atomic mass is 9.72. The molecule has 112 valence electrons. The lowest BCUT2D eigenvalue weighted by Gasteiger charge is -2.41. The Morgan fingerprint density at radius 3 is 2.75 bits per heavy atom. The maximum atomic E-state index is 5.07. The molecule has 2 aliphatic carbocycles. The number of fused-ring (bicyclic) bond motifs is 1. The third kappa shape index (κ3) is 2.55. The van der Waals surface area contributed by atoms with Gasteiger partial charge in [-0.1, -0.05) is 26.7 Å². The molecule has 1 aromatic heterocycles. The van der Waals surface area contributed by atoms with Crippen molar-refractivity contribution >= 4 is 11.3 Å². The summed E-state index contributed by atoms with van der Waals surface area (Å²) in [5.41, 5.74) is 1.58. The number of aryl methyl sites for hydroxylation is 2. The Labute approximate surface area is 127 Å². The zero-order valence-electron chi connectivity index (χ0n) is 13.2. The molecule has 0 saturated heterocycles. The van der Waals surface area contributed by atoms with E-state index in [1.807, 2.05) is 11.3 Å². The Kier molecular flexibility index (Phi) is 4.19. The minimum Gasteiger partial charge on any atom is -0.308 e. The average Bonchev–Trinajstić information content (AvgIpc) is 2.91. The zero-order valence-corrected chi connectivity index (χ0v) is 14.0. The SMILES string of the molecule is CNC1(c2nc3c(s2)CCCC3)CCCC(C(C)C)C1. The van der Waals surface area contributed by atoms with E-state index in [9.17, 15) is 0 Å². The van der Waals surface area contributed by atoms with Gasteiger partial charge in [-0.15, -0.1) is 11.3 Å². The molecule has 2 atom stereocenters. The highest BCUT2D eigenvalue weighted by Crippen LogP contribution is 2.44. The van der Waals surface area contributed by atoms with Crippen molar-refractivity contribution in [2.45, 2.75) is 70.8 Å². The van der Waals surface area contributed by atoms with E-state index < -0.39 is 0 Å². The monoisotopic (exact) mass is 292 g/mol. The van der Waals surface area contributed by atoms with Gasteiger partial charge in [-0.2, -0.15) is 0 Å². The largest absolute Gasteiger partial charge is 0.308 e. The van der Waals surface area contributed by atoms with E-state index in [1.54, 1.807) is 4.88 Å². The van der Waals surface area contributed by atoms with E-state index in [0.717, 1.165) is 11.8 Å². The summed E-state index contributed by atoms with van der Waals surface area (Å²) >= 11 is 2.01. The number of nitrogens with zero attached hydrogens (tertiary/aromatic N) is 1. The number of hydrogen-bond acceptors (Lipinski definition) is 3. The van der Waals surface area contributed by atoms with Crippen LogP contribution in [-0.4, -0.2) is 12.0 Å². The normalized spacial score (nSPS) is 30.5. The number of thiazole rings is 1. The van der Waals surface area contributed by atoms with Crippen molar-refractivity contribution in [2.75, 3.05) is 7.05 Å². The lowest BCUT2D eigenvalue weighted by Crippen LogP contribution is -2.45. The van der Waals surface area contributed by atoms with Crippen molar-refractivity contribution in [1.29, 1.82) is 0 Å². The first-order valence-electron chi connectivity index (χ1n) is 8.32. The van der Waals surface area contributed by atoms with Crippen molar-refractivity contribution in [1.82, 2.24) is 10.3 Å². The van der Waals surface area contributed by atoms with Gasteiger partial charge in [0.05, 0.1) is 11.2 Å². The summed E-state index contributed by atoms with van der Waals surface area (Å²) in [6, 6.07) is 0. The fourth-order valence-corrected chi connectivity index (χ4v) is 5.36. The summed E-state index contributed by atoms with van der Waals surface area (Å²) in [6.07, 6.45) is 10.4. The minimum atomic E-state index is 0.162. The molecule has 1 N–H and O–H groups in total. The second-order valence-corrected chi connectivity index (χ2v) is 8.11. The molecule has 0 bridgehead atoms. The van der Waals surface area contributed by atoms with Gasteiger partial charge in [-0.25, -0.2) is 4.98 Å². The lowest BCUT2D eigenvalue weighted by molar-refractivity contribution is 0.155. The summed E-state index contributed by atoms with van der Waals surface area (Å²) < 4.78 is 0. The summed E-state index contributed by atoms with van der Waals surface area (Å²) in [5.74, 6) is 1.63. The Bertz CT molecular complexity index is 442. The second-order valence-electron chi connectivity index (χ2n) is 7.03. The molecule has 1 heterocycles. The Hall–Kier alpha value is -0.410. The summed E-state index contributed by atoms with van der Waals surface area (Å²) in [5, 5.41) is 5.06. The summed E-state index contributed by atoms with van der Waals surface area (Å²) in [7, 11) is 2.14. The van der Waals surface area contributed by atoms with Crippen molar-refractivity contribution in [2.24, 2.45) is 11.8 Å². The smallest absolute Gasteiger partial charge is 0.113 e. The Balaban J connectivity index is 1.89. The molecule has 2 unspecified atom stereocenters. The van der Waals surface area contributed by atoms with Gasteiger partial charge in [0.2, 0.25) is 0 Å². The van der Waals surface area contributed by atoms with E-state index in [2.05, 4.69) is 26.2 Å². The van der Waals surface area contributed by atoms with Crippen molar-refractivity contribution in [3.63, 3.8) is 0 Å². The topological polar surface area (TPSA) is 24.9 Å². The fraction of sp³-hybridized carbons (Fsp3) is 0.824. The van der Waals surface area contributed by atoms with Crippen molar-refractivity contribution < 1.29 is 0 Å². The summed E-state index contributed by atoms with van der Waals surface area (Å²) in [6.45, 7) is 4.76.